The molecule has 5 rings (SSSR count). The van der Waals surface area contributed by atoms with Gasteiger partial charge in [0.05, 0.1) is 18.1 Å². The zero-order valence-corrected chi connectivity index (χ0v) is 19.9. The van der Waals surface area contributed by atoms with E-state index in [1.54, 1.807) is 7.11 Å². The van der Waals surface area contributed by atoms with Crippen molar-refractivity contribution >= 4 is 34.3 Å². The second-order valence-electron chi connectivity index (χ2n) is 7.87. The molecule has 0 fully saturated rings. The molecule has 0 aliphatic carbocycles. The molecule has 0 aliphatic rings. The highest BCUT2D eigenvalue weighted by Gasteiger charge is 2.18. The summed E-state index contributed by atoms with van der Waals surface area (Å²) < 4.78 is 8.03. The van der Waals surface area contributed by atoms with Crippen LogP contribution in [0.2, 0.25) is 0 Å². The van der Waals surface area contributed by atoms with Gasteiger partial charge in [-0.2, -0.15) is 0 Å². The number of fused-ring (bicyclic) bond motifs is 3. The minimum atomic E-state index is -0.385. The summed E-state index contributed by atoms with van der Waals surface area (Å²) in [6, 6.07) is 24.9. The van der Waals surface area contributed by atoms with Gasteiger partial charge in [0, 0.05) is 11.4 Å². The fourth-order valence-corrected chi connectivity index (χ4v) is 4.71. The summed E-state index contributed by atoms with van der Waals surface area (Å²) in [5.41, 5.74) is 2.45. The second kappa shape index (κ2) is 10.0. The first-order chi connectivity index (χ1) is 17.1. The van der Waals surface area contributed by atoms with Crippen molar-refractivity contribution < 1.29 is 9.53 Å². The Bertz CT molecular complexity index is 1560. The third kappa shape index (κ3) is 4.90. The maximum atomic E-state index is 13.3. The molecule has 0 spiro atoms. The summed E-state index contributed by atoms with van der Waals surface area (Å²) in [6.07, 6.45) is 0.711. The monoisotopic (exact) mass is 485 g/mol. The van der Waals surface area contributed by atoms with Gasteiger partial charge in [-0.15, -0.1) is 5.10 Å². The zero-order valence-electron chi connectivity index (χ0n) is 19.0. The van der Waals surface area contributed by atoms with Crippen molar-refractivity contribution in [1.82, 2.24) is 24.5 Å². The van der Waals surface area contributed by atoms with E-state index in [0.717, 1.165) is 16.2 Å². The SMILES string of the molecule is COc1cccc(Sc2nc3ccccc3n3c(=O)n(CC(=O)NCCc4ccccc4)nc23)c1. The van der Waals surface area contributed by atoms with E-state index < -0.39 is 0 Å². The molecule has 0 radical (unpaired) electrons. The number of ether oxygens (including phenoxy) is 1. The number of rotatable bonds is 8. The predicted molar refractivity (Wildman–Crippen MR) is 135 cm³/mol. The first-order valence-corrected chi connectivity index (χ1v) is 11.9. The van der Waals surface area contributed by atoms with Crippen molar-refractivity contribution in [1.29, 1.82) is 0 Å². The number of benzene rings is 3. The van der Waals surface area contributed by atoms with Crippen LogP contribution in [0.1, 0.15) is 5.56 Å². The fourth-order valence-electron chi connectivity index (χ4n) is 3.80. The van der Waals surface area contributed by atoms with Gasteiger partial charge in [0.15, 0.2) is 5.65 Å². The quantitative estimate of drug-likeness (QED) is 0.361. The maximum absolute atomic E-state index is 13.3. The van der Waals surface area contributed by atoms with E-state index >= 15 is 0 Å². The Hall–Kier alpha value is -4.11. The highest BCUT2D eigenvalue weighted by Crippen LogP contribution is 2.32. The van der Waals surface area contributed by atoms with Gasteiger partial charge in [-0.05, 0) is 42.3 Å². The number of hydrogen-bond donors (Lipinski definition) is 1. The molecule has 1 N–H and O–H groups in total. The molecule has 0 saturated heterocycles. The number of amides is 1. The first-order valence-electron chi connectivity index (χ1n) is 11.1. The largest absolute Gasteiger partial charge is 0.497 e. The second-order valence-corrected chi connectivity index (χ2v) is 8.93. The average molecular weight is 486 g/mol. The van der Waals surface area contributed by atoms with Crippen LogP contribution in [0.15, 0.2) is 93.6 Å². The van der Waals surface area contributed by atoms with Crippen LogP contribution in [0.25, 0.3) is 16.7 Å². The Morgan fingerprint density at radius 3 is 2.66 bits per heavy atom. The Morgan fingerprint density at radius 1 is 1.03 bits per heavy atom. The number of methoxy groups -OCH3 is 1. The lowest BCUT2D eigenvalue weighted by atomic mass is 10.1. The normalized spacial score (nSPS) is 11.1. The fraction of sp³-hybridized carbons (Fsp3) is 0.154. The van der Waals surface area contributed by atoms with Crippen molar-refractivity contribution in [2.75, 3.05) is 13.7 Å². The predicted octanol–water partition coefficient (Wildman–Crippen LogP) is 3.56. The van der Waals surface area contributed by atoms with Crippen LogP contribution in [-0.2, 0) is 17.8 Å². The number of nitrogens with zero attached hydrogens (tertiary/aromatic N) is 4. The Labute approximate surface area is 205 Å². The van der Waals surface area contributed by atoms with Crippen molar-refractivity contribution in [3.63, 3.8) is 0 Å². The summed E-state index contributed by atoms with van der Waals surface area (Å²) >= 11 is 1.39. The van der Waals surface area contributed by atoms with Gasteiger partial charge >= 0.3 is 5.69 Å². The summed E-state index contributed by atoms with van der Waals surface area (Å²) in [6.45, 7) is 0.305. The molecule has 2 aromatic heterocycles. The molecule has 5 aromatic rings. The van der Waals surface area contributed by atoms with E-state index in [2.05, 4.69) is 10.4 Å². The summed E-state index contributed by atoms with van der Waals surface area (Å²) in [7, 11) is 1.61. The van der Waals surface area contributed by atoms with Crippen LogP contribution in [0, 0.1) is 0 Å². The topological polar surface area (TPSA) is 90.5 Å². The lowest BCUT2D eigenvalue weighted by molar-refractivity contribution is -0.121. The summed E-state index contributed by atoms with van der Waals surface area (Å²) in [4.78, 5) is 31.5. The third-order valence-electron chi connectivity index (χ3n) is 5.50. The summed E-state index contributed by atoms with van der Waals surface area (Å²) in [5, 5.41) is 7.94. The van der Waals surface area contributed by atoms with Gasteiger partial charge in [-0.3, -0.25) is 4.79 Å². The number of carbonyl (C=O) groups excluding carboxylic acids is 1. The average Bonchev–Trinajstić information content (AvgIpc) is 3.21. The van der Waals surface area contributed by atoms with E-state index in [1.165, 1.54) is 20.8 Å². The maximum Gasteiger partial charge on any atom is 0.351 e. The number of para-hydroxylation sites is 2. The minimum Gasteiger partial charge on any atom is -0.497 e. The van der Waals surface area contributed by atoms with Crippen LogP contribution in [0.5, 0.6) is 5.75 Å². The van der Waals surface area contributed by atoms with Gasteiger partial charge in [-0.1, -0.05) is 60.3 Å². The molecule has 0 atom stereocenters. The number of hydrogen-bond acceptors (Lipinski definition) is 6. The van der Waals surface area contributed by atoms with Crippen LogP contribution >= 0.6 is 11.8 Å². The first kappa shape index (κ1) is 22.7. The number of nitrogens with one attached hydrogen (secondary N) is 1. The molecule has 0 unspecified atom stereocenters. The third-order valence-corrected chi connectivity index (χ3v) is 6.46. The molecule has 9 heteroatoms. The van der Waals surface area contributed by atoms with Crippen LogP contribution in [-0.4, -0.2) is 38.7 Å². The van der Waals surface area contributed by atoms with E-state index in [4.69, 9.17) is 9.72 Å². The highest BCUT2D eigenvalue weighted by atomic mass is 32.2. The molecule has 8 nitrogen and oxygen atoms in total. The van der Waals surface area contributed by atoms with Crippen molar-refractivity contribution in [2.45, 2.75) is 22.9 Å². The summed E-state index contributed by atoms with van der Waals surface area (Å²) in [5.74, 6) is 0.451. The van der Waals surface area contributed by atoms with Crippen LogP contribution in [0.4, 0.5) is 0 Å². The Morgan fingerprint density at radius 2 is 1.83 bits per heavy atom. The van der Waals surface area contributed by atoms with Gasteiger partial charge in [-0.25, -0.2) is 18.9 Å². The van der Waals surface area contributed by atoms with Gasteiger partial charge in [0.2, 0.25) is 5.91 Å². The minimum absolute atomic E-state index is 0.174. The molecular weight excluding hydrogens is 462 g/mol. The molecule has 176 valence electrons. The van der Waals surface area contributed by atoms with E-state index in [9.17, 15) is 9.59 Å². The van der Waals surface area contributed by atoms with E-state index in [0.29, 0.717) is 34.7 Å². The Kier molecular flexibility index (Phi) is 6.49. The van der Waals surface area contributed by atoms with Gasteiger partial charge < -0.3 is 10.1 Å². The van der Waals surface area contributed by atoms with Crippen LogP contribution in [0.3, 0.4) is 0 Å². The van der Waals surface area contributed by atoms with Gasteiger partial charge in [0.1, 0.15) is 17.3 Å². The Balaban J connectivity index is 1.45. The molecule has 0 bridgehead atoms. The molecule has 0 saturated carbocycles. The molecule has 3 aromatic carbocycles. The zero-order chi connectivity index (χ0) is 24.2. The van der Waals surface area contributed by atoms with Crippen LogP contribution < -0.4 is 15.7 Å². The van der Waals surface area contributed by atoms with E-state index in [-0.39, 0.29) is 18.1 Å². The highest BCUT2D eigenvalue weighted by molar-refractivity contribution is 7.99. The molecule has 1 amide bonds. The van der Waals surface area contributed by atoms with Crippen molar-refractivity contribution in [3.8, 4) is 5.75 Å². The molecule has 2 heterocycles. The smallest absolute Gasteiger partial charge is 0.351 e. The van der Waals surface area contributed by atoms with E-state index in [1.807, 2.05) is 78.9 Å². The van der Waals surface area contributed by atoms with Crippen molar-refractivity contribution in [2.24, 2.45) is 0 Å². The van der Waals surface area contributed by atoms with Crippen molar-refractivity contribution in [3.05, 3.63) is 94.9 Å². The molecule has 35 heavy (non-hydrogen) atoms. The standard InChI is InChI=1S/C26H23N5O3S/c1-34-19-10-7-11-20(16-19)35-25-24-29-30(17-23(32)27-15-14-18-8-3-2-4-9-18)26(33)31(24)22-13-6-5-12-21(22)28-25/h2-13,16H,14-15,17H2,1H3,(H,27,32). The van der Waals surface area contributed by atoms with Gasteiger partial charge in [0.25, 0.3) is 0 Å². The number of aromatic nitrogens is 4. The number of carbonyl (C=O) groups is 1. The molecular formula is C26H23N5O3S. The molecule has 0 aliphatic heterocycles. The lowest BCUT2D eigenvalue weighted by Crippen LogP contribution is -2.33. The lowest BCUT2D eigenvalue weighted by Gasteiger charge is -2.07.